The van der Waals surface area contributed by atoms with Gasteiger partial charge in [-0.2, -0.15) is 0 Å². The number of esters is 1. The molecule has 2 N–H and O–H groups in total. The molecule has 0 radical (unpaired) electrons. The van der Waals surface area contributed by atoms with Crippen LogP contribution in [0.15, 0.2) is 17.7 Å². The van der Waals surface area contributed by atoms with Crippen molar-refractivity contribution in [2.45, 2.75) is 39.2 Å². The Bertz CT molecular complexity index is 737. The van der Waals surface area contributed by atoms with E-state index in [1.54, 1.807) is 6.92 Å². The largest absolute Gasteiger partial charge is 0.507 e. The highest BCUT2D eigenvalue weighted by molar-refractivity contribution is 5.97. The number of ether oxygens (including phenoxy) is 1. The number of aliphatic carboxylic acids is 1. The van der Waals surface area contributed by atoms with Crippen LogP contribution in [0, 0.1) is 19.3 Å². The molecular formula is C18H18O5. The number of aromatic hydroxyl groups is 1. The van der Waals surface area contributed by atoms with Gasteiger partial charge in [-0.1, -0.05) is 17.6 Å². The normalized spacial score (nSPS) is 16.7. The first-order valence-electron chi connectivity index (χ1n) is 7.26. The van der Waals surface area contributed by atoms with E-state index in [4.69, 9.17) is 16.3 Å². The Morgan fingerprint density at radius 1 is 1.48 bits per heavy atom. The number of allylic oxidation sites excluding steroid dienone is 1. The minimum absolute atomic E-state index is 0.0600. The van der Waals surface area contributed by atoms with Crippen molar-refractivity contribution in [2.75, 3.05) is 0 Å². The van der Waals surface area contributed by atoms with Crippen LogP contribution in [0.25, 0.3) is 0 Å². The molecule has 1 unspecified atom stereocenters. The Kier molecular flexibility index (Phi) is 4.75. The number of fused-ring (bicyclic) bond motifs is 1. The second-order valence-electron chi connectivity index (χ2n) is 5.58. The van der Waals surface area contributed by atoms with Crippen molar-refractivity contribution in [3.05, 3.63) is 40.0 Å². The van der Waals surface area contributed by atoms with Crippen LogP contribution in [0.5, 0.6) is 5.75 Å². The highest BCUT2D eigenvalue weighted by atomic mass is 16.5. The fourth-order valence-electron chi connectivity index (χ4n) is 2.68. The van der Waals surface area contributed by atoms with Crippen LogP contribution in [0.4, 0.5) is 0 Å². The number of hydrogen-bond acceptors (Lipinski definition) is 4. The molecule has 1 atom stereocenters. The van der Waals surface area contributed by atoms with Gasteiger partial charge in [0.05, 0.1) is 0 Å². The Hall–Kier alpha value is -2.74. The number of phenolic OH excluding ortho intramolecular Hbond substituents is 1. The first-order chi connectivity index (χ1) is 10.8. The van der Waals surface area contributed by atoms with Crippen LogP contribution >= 0.6 is 0 Å². The molecule has 1 aromatic carbocycles. The highest BCUT2D eigenvalue weighted by Crippen LogP contribution is 2.41. The molecule has 120 valence electrons. The summed E-state index contributed by atoms with van der Waals surface area (Å²) in [4.78, 5) is 22.6. The van der Waals surface area contributed by atoms with Gasteiger partial charge in [0.15, 0.2) is 0 Å². The van der Waals surface area contributed by atoms with Gasteiger partial charge in [0, 0.05) is 24.0 Å². The molecule has 0 saturated heterocycles. The van der Waals surface area contributed by atoms with Crippen molar-refractivity contribution in [3.8, 4) is 18.1 Å². The monoisotopic (exact) mass is 314 g/mol. The number of carbonyl (C=O) groups excluding carboxylic acids is 1. The summed E-state index contributed by atoms with van der Waals surface area (Å²) in [5, 5.41) is 18.7. The molecule has 1 aromatic rings. The number of cyclic esters (lactones) is 1. The summed E-state index contributed by atoms with van der Waals surface area (Å²) < 4.78 is 5.34. The molecular weight excluding hydrogens is 296 g/mol. The van der Waals surface area contributed by atoms with Gasteiger partial charge >= 0.3 is 11.9 Å². The maximum Gasteiger partial charge on any atom is 0.342 e. The number of carbonyl (C=O) groups is 2. The molecule has 1 aliphatic rings. The summed E-state index contributed by atoms with van der Waals surface area (Å²) >= 11 is 0. The number of hydrogen-bond donors (Lipinski definition) is 2. The van der Waals surface area contributed by atoms with Crippen LogP contribution < -0.4 is 0 Å². The fourth-order valence-corrected chi connectivity index (χ4v) is 2.68. The van der Waals surface area contributed by atoms with E-state index in [-0.39, 0.29) is 17.7 Å². The molecule has 0 fully saturated rings. The fraction of sp³-hybridized carbons (Fsp3) is 0.333. The van der Waals surface area contributed by atoms with Crippen molar-refractivity contribution in [1.82, 2.24) is 0 Å². The molecule has 0 aromatic heterocycles. The zero-order valence-electron chi connectivity index (χ0n) is 13.0. The van der Waals surface area contributed by atoms with Gasteiger partial charge in [0.1, 0.15) is 17.4 Å². The summed E-state index contributed by atoms with van der Waals surface area (Å²) in [6, 6.07) is 1.39. The summed E-state index contributed by atoms with van der Waals surface area (Å²) in [7, 11) is 0. The van der Waals surface area contributed by atoms with Crippen LogP contribution in [-0.4, -0.2) is 22.2 Å². The average Bonchev–Trinajstić information content (AvgIpc) is 2.84. The lowest BCUT2D eigenvalue weighted by atomic mass is 9.92. The zero-order chi connectivity index (χ0) is 17.1. The lowest BCUT2D eigenvalue weighted by Gasteiger charge is -2.13. The van der Waals surface area contributed by atoms with E-state index in [1.807, 2.05) is 13.0 Å². The molecule has 0 saturated carbocycles. The molecule has 0 bridgehead atoms. The Morgan fingerprint density at radius 3 is 2.78 bits per heavy atom. The summed E-state index contributed by atoms with van der Waals surface area (Å²) in [5.74, 6) is 0.906. The predicted molar refractivity (Wildman–Crippen MR) is 84.2 cm³/mol. The number of rotatable bonds is 5. The molecule has 0 amide bonds. The SMILES string of the molecule is C#Cc1cc(O)c2c(c1C)C(CC=C(C)CCC(=O)O)OC2=O. The van der Waals surface area contributed by atoms with Gasteiger partial charge in [-0.05, 0) is 31.9 Å². The van der Waals surface area contributed by atoms with Crippen LogP contribution in [-0.2, 0) is 9.53 Å². The first-order valence-corrected chi connectivity index (χ1v) is 7.26. The zero-order valence-corrected chi connectivity index (χ0v) is 13.0. The van der Waals surface area contributed by atoms with E-state index >= 15 is 0 Å². The van der Waals surface area contributed by atoms with Gasteiger partial charge < -0.3 is 14.9 Å². The van der Waals surface area contributed by atoms with Gasteiger partial charge in [-0.25, -0.2) is 4.79 Å². The minimum atomic E-state index is -0.852. The predicted octanol–water partition coefficient (Wildman–Crippen LogP) is 3.09. The Morgan fingerprint density at radius 2 is 2.17 bits per heavy atom. The molecule has 1 aliphatic heterocycles. The first kappa shape index (κ1) is 16.6. The Labute approximate surface area is 134 Å². The average molecular weight is 314 g/mol. The quantitative estimate of drug-likeness (QED) is 0.495. The molecule has 2 rings (SSSR count). The molecule has 5 nitrogen and oxygen atoms in total. The smallest absolute Gasteiger partial charge is 0.342 e. The lowest BCUT2D eigenvalue weighted by Crippen LogP contribution is -2.00. The van der Waals surface area contributed by atoms with Crippen molar-refractivity contribution in [2.24, 2.45) is 0 Å². The van der Waals surface area contributed by atoms with Crippen molar-refractivity contribution >= 4 is 11.9 Å². The molecule has 5 heteroatoms. The van der Waals surface area contributed by atoms with Crippen molar-refractivity contribution in [3.63, 3.8) is 0 Å². The van der Waals surface area contributed by atoms with Gasteiger partial charge in [0.25, 0.3) is 0 Å². The Balaban J connectivity index is 2.28. The standard InChI is InChI=1S/C18H18O5/c1-4-12-9-13(19)17-16(11(12)3)14(23-18(17)22)7-5-10(2)6-8-15(20)21/h1,5,9,14,19H,6-8H2,2-3H3,(H,20,21). The van der Waals surface area contributed by atoms with Crippen molar-refractivity contribution in [1.29, 1.82) is 0 Å². The maximum absolute atomic E-state index is 12.0. The number of benzene rings is 1. The lowest BCUT2D eigenvalue weighted by molar-refractivity contribution is -0.136. The van der Waals surface area contributed by atoms with Crippen LogP contribution in [0.1, 0.15) is 59.3 Å². The summed E-state index contributed by atoms with van der Waals surface area (Å²) in [5.41, 5.74) is 2.96. The highest BCUT2D eigenvalue weighted by Gasteiger charge is 2.35. The van der Waals surface area contributed by atoms with Crippen molar-refractivity contribution < 1.29 is 24.5 Å². The molecule has 23 heavy (non-hydrogen) atoms. The summed E-state index contributed by atoms with van der Waals surface area (Å²) in [6.45, 7) is 3.63. The van der Waals surface area contributed by atoms with Gasteiger partial charge in [-0.15, -0.1) is 6.42 Å². The third-order valence-electron chi connectivity index (χ3n) is 3.96. The maximum atomic E-state index is 12.0. The number of terminal acetylenes is 1. The number of carboxylic acid groups (broad SMARTS) is 1. The van der Waals surface area contributed by atoms with E-state index < -0.39 is 18.0 Å². The van der Waals surface area contributed by atoms with Gasteiger partial charge in [0.2, 0.25) is 0 Å². The number of phenols is 1. The molecule has 1 heterocycles. The van der Waals surface area contributed by atoms with E-state index in [1.165, 1.54) is 6.07 Å². The second kappa shape index (κ2) is 6.57. The molecule has 0 spiro atoms. The van der Waals surface area contributed by atoms with Crippen LogP contribution in [0.3, 0.4) is 0 Å². The molecule has 0 aliphatic carbocycles. The van der Waals surface area contributed by atoms with E-state index in [0.29, 0.717) is 24.0 Å². The van der Waals surface area contributed by atoms with E-state index in [2.05, 4.69) is 5.92 Å². The van der Waals surface area contributed by atoms with Crippen LogP contribution in [0.2, 0.25) is 0 Å². The topological polar surface area (TPSA) is 83.8 Å². The van der Waals surface area contributed by atoms with E-state index in [0.717, 1.165) is 11.1 Å². The number of carboxylic acids is 1. The third kappa shape index (κ3) is 3.37. The second-order valence-corrected chi connectivity index (χ2v) is 5.58. The van der Waals surface area contributed by atoms with Gasteiger partial charge in [-0.3, -0.25) is 4.79 Å². The summed E-state index contributed by atoms with van der Waals surface area (Å²) in [6.07, 6.45) is 7.69. The third-order valence-corrected chi connectivity index (χ3v) is 3.96. The van der Waals surface area contributed by atoms with E-state index in [9.17, 15) is 14.7 Å². The minimum Gasteiger partial charge on any atom is -0.507 e.